The number of carbonyl (C=O) groups excluding carboxylic acids is 1. The van der Waals surface area contributed by atoms with E-state index in [0.29, 0.717) is 6.61 Å². The number of nitrogens with zero attached hydrogens (tertiary/aromatic N) is 3. The fourth-order valence-electron chi connectivity index (χ4n) is 5.21. The van der Waals surface area contributed by atoms with Crippen LogP contribution in [0.2, 0.25) is 0 Å². The van der Waals surface area contributed by atoms with E-state index in [1.165, 1.54) is 16.7 Å². The van der Waals surface area contributed by atoms with Gasteiger partial charge in [-0.3, -0.25) is 9.36 Å². The molecule has 1 aromatic heterocycles. The second-order valence-corrected chi connectivity index (χ2v) is 11.3. The third kappa shape index (κ3) is 4.81. The highest BCUT2D eigenvalue weighted by molar-refractivity contribution is 5.83. The van der Waals surface area contributed by atoms with Gasteiger partial charge < -0.3 is 15.0 Å². The van der Waals surface area contributed by atoms with Crippen molar-refractivity contribution in [1.82, 2.24) is 14.9 Å². The number of imidazole rings is 1. The van der Waals surface area contributed by atoms with Crippen molar-refractivity contribution in [3.05, 3.63) is 53.1 Å². The smallest absolute Gasteiger partial charge is 0.223 e. The number of carbonyl (C=O) groups is 1. The molecule has 0 spiro atoms. The Balaban J connectivity index is 1.46. The molecule has 2 fully saturated rings. The van der Waals surface area contributed by atoms with Crippen LogP contribution in [0, 0.1) is 19.8 Å². The number of nitrogens with one attached hydrogen (secondary N) is 1. The predicted molar refractivity (Wildman–Crippen MR) is 142 cm³/mol. The van der Waals surface area contributed by atoms with Crippen molar-refractivity contribution in [2.45, 2.75) is 65.3 Å². The number of ether oxygens (including phenoxy) is 1. The summed E-state index contributed by atoms with van der Waals surface area (Å²) < 4.78 is 7.73. The topological polar surface area (TPSA) is 59.4 Å². The molecule has 35 heavy (non-hydrogen) atoms. The summed E-state index contributed by atoms with van der Waals surface area (Å²) in [6.45, 7) is 14.1. The van der Waals surface area contributed by atoms with E-state index in [1.54, 1.807) is 0 Å². The van der Waals surface area contributed by atoms with Gasteiger partial charge in [0.05, 0.1) is 23.7 Å². The number of aryl methyl sites for hydroxylation is 2. The molecule has 1 unspecified atom stereocenters. The maximum Gasteiger partial charge on any atom is 0.223 e. The van der Waals surface area contributed by atoms with E-state index in [0.717, 1.165) is 61.6 Å². The van der Waals surface area contributed by atoms with Crippen LogP contribution in [0.15, 0.2) is 36.4 Å². The van der Waals surface area contributed by atoms with Crippen molar-refractivity contribution < 1.29 is 9.53 Å². The van der Waals surface area contributed by atoms with Gasteiger partial charge in [0.1, 0.15) is 0 Å². The molecular formula is C29H38N4O2. The molecule has 5 rings (SSSR count). The Labute approximate surface area is 208 Å². The molecule has 0 radical (unpaired) electrons. The summed E-state index contributed by atoms with van der Waals surface area (Å²) in [6.07, 6.45) is 2.59. The molecule has 0 bridgehead atoms. The van der Waals surface area contributed by atoms with E-state index in [4.69, 9.17) is 9.72 Å². The average Bonchev–Trinajstić information content (AvgIpc) is 3.47. The minimum atomic E-state index is 0.0541. The lowest BCUT2D eigenvalue weighted by Gasteiger charge is -2.33. The maximum absolute atomic E-state index is 12.8. The Hall–Kier alpha value is -2.86. The molecule has 3 heterocycles. The SMILES string of the molecule is Cc1cc2nc(N3CCC(C(=O)NC4CCOC4)CC3)n(-c3cccc(C(C)(C)C)c3)c2cc1C. The quantitative estimate of drug-likeness (QED) is 0.574. The Morgan fingerprint density at radius 1 is 1.06 bits per heavy atom. The highest BCUT2D eigenvalue weighted by Gasteiger charge is 2.30. The first kappa shape index (κ1) is 23.9. The Morgan fingerprint density at radius 2 is 1.80 bits per heavy atom. The Kier molecular flexibility index (Phi) is 6.34. The highest BCUT2D eigenvalue weighted by atomic mass is 16.5. The second kappa shape index (κ2) is 9.30. The third-order valence-corrected chi connectivity index (χ3v) is 7.65. The van der Waals surface area contributed by atoms with E-state index >= 15 is 0 Å². The summed E-state index contributed by atoms with van der Waals surface area (Å²) in [5.41, 5.74) is 7.18. The summed E-state index contributed by atoms with van der Waals surface area (Å²) in [5.74, 6) is 1.20. The van der Waals surface area contributed by atoms with Gasteiger partial charge in [0, 0.05) is 31.3 Å². The van der Waals surface area contributed by atoms with Gasteiger partial charge in [-0.2, -0.15) is 0 Å². The monoisotopic (exact) mass is 474 g/mol. The summed E-state index contributed by atoms with van der Waals surface area (Å²) in [7, 11) is 0. The van der Waals surface area contributed by atoms with Crippen LogP contribution < -0.4 is 10.2 Å². The van der Waals surface area contributed by atoms with E-state index in [-0.39, 0.29) is 23.3 Å². The highest BCUT2D eigenvalue weighted by Crippen LogP contribution is 2.33. The first-order chi connectivity index (χ1) is 16.7. The summed E-state index contributed by atoms with van der Waals surface area (Å²) in [4.78, 5) is 20.3. The Morgan fingerprint density at radius 3 is 2.49 bits per heavy atom. The number of aromatic nitrogens is 2. The van der Waals surface area contributed by atoms with Crippen LogP contribution in [0.4, 0.5) is 5.95 Å². The number of anilines is 1. The summed E-state index contributed by atoms with van der Waals surface area (Å²) >= 11 is 0. The van der Waals surface area contributed by atoms with Gasteiger partial charge in [-0.05, 0) is 79.5 Å². The van der Waals surface area contributed by atoms with Crippen LogP contribution in [-0.2, 0) is 14.9 Å². The van der Waals surface area contributed by atoms with Gasteiger partial charge in [-0.25, -0.2) is 4.98 Å². The van der Waals surface area contributed by atoms with Crippen LogP contribution in [0.25, 0.3) is 16.7 Å². The molecule has 2 aromatic carbocycles. The van der Waals surface area contributed by atoms with Crippen molar-refractivity contribution in [3.63, 3.8) is 0 Å². The molecule has 1 atom stereocenters. The minimum absolute atomic E-state index is 0.0541. The van der Waals surface area contributed by atoms with Gasteiger partial charge in [0.2, 0.25) is 11.9 Å². The minimum Gasteiger partial charge on any atom is -0.379 e. The molecule has 0 saturated carbocycles. The number of fused-ring (bicyclic) bond motifs is 1. The normalized spacial score (nSPS) is 19.5. The fourth-order valence-corrected chi connectivity index (χ4v) is 5.21. The zero-order valence-electron chi connectivity index (χ0n) is 21.7. The third-order valence-electron chi connectivity index (χ3n) is 7.65. The number of hydrogen-bond donors (Lipinski definition) is 1. The standard InChI is InChI=1S/C29H38N4O2/c1-19-15-25-26(16-20(19)2)33(24-8-6-7-22(17-24)29(3,4)5)28(31-25)32-12-9-21(10-13-32)27(34)30-23-11-14-35-18-23/h6-8,15-17,21,23H,9-14,18H2,1-5H3,(H,30,34). The molecule has 0 aliphatic carbocycles. The number of amides is 1. The lowest BCUT2D eigenvalue weighted by Crippen LogP contribution is -2.44. The number of hydrogen-bond acceptors (Lipinski definition) is 4. The Bertz CT molecular complexity index is 1230. The maximum atomic E-state index is 12.8. The zero-order chi connectivity index (χ0) is 24.7. The lowest BCUT2D eigenvalue weighted by molar-refractivity contribution is -0.126. The molecule has 6 nitrogen and oxygen atoms in total. The van der Waals surface area contributed by atoms with E-state index < -0.39 is 0 Å². The molecule has 1 amide bonds. The van der Waals surface area contributed by atoms with E-state index in [2.05, 4.69) is 85.8 Å². The van der Waals surface area contributed by atoms with E-state index in [1.807, 2.05) is 0 Å². The van der Waals surface area contributed by atoms with Gasteiger partial charge in [0.15, 0.2) is 0 Å². The molecule has 3 aromatic rings. The molecular weight excluding hydrogens is 436 g/mol. The van der Waals surface area contributed by atoms with Gasteiger partial charge in [-0.15, -0.1) is 0 Å². The summed E-state index contributed by atoms with van der Waals surface area (Å²) in [5, 5.41) is 3.19. The molecule has 1 N–H and O–H groups in total. The number of benzene rings is 2. The van der Waals surface area contributed by atoms with Crippen LogP contribution >= 0.6 is 0 Å². The molecule has 6 heteroatoms. The van der Waals surface area contributed by atoms with Crippen molar-refractivity contribution >= 4 is 22.9 Å². The van der Waals surface area contributed by atoms with Crippen LogP contribution in [0.5, 0.6) is 0 Å². The van der Waals surface area contributed by atoms with Crippen LogP contribution in [0.3, 0.4) is 0 Å². The summed E-state index contributed by atoms with van der Waals surface area (Å²) in [6, 6.07) is 13.5. The second-order valence-electron chi connectivity index (χ2n) is 11.3. The van der Waals surface area contributed by atoms with Gasteiger partial charge in [-0.1, -0.05) is 32.9 Å². The predicted octanol–water partition coefficient (Wildman–Crippen LogP) is 5.06. The van der Waals surface area contributed by atoms with Crippen molar-refractivity contribution in [3.8, 4) is 5.69 Å². The number of rotatable bonds is 4. The van der Waals surface area contributed by atoms with E-state index in [9.17, 15) is 4.79 Å². The first-order valence-corrected chi connectivity index (χ1v) is 12.9. The molecule has 186 valence electrons. The van der Waals surface area contributed by atoms with Gasteiger partial charge in [0.25, 0.3) is 0 Å². The molecule has 2 saturated heterocycles. The first-order valence-electron chi connectivity index (χ1n) is 12.9. The largest absolute Gasteiger partial charge is 0.379 e. The zero-order valence-corrected chi connectivity index (χ0v) is 21.7. The van der Waals surface area contributed by atoms with Gasteiger partial charge >= 0.3 is 0 Å². The van der Waals surface area contributed by atoms with Crippen LogP contribution in [0.1, 0.15) is 56.7 Å². The molecule has 2 aliphatic heterocycles. The average molecular weight is 475 g/mol. The van der Waals surface area contributed by atoms with Crippen molar-refractivity contribution in [2.24, 2.45) is 5.92 Å². The molecule has 2 aliphatic rings. The number of piperidine rings is 1. The lowest BCUT2D eigenvalue weighted by atomic mass is 9.87. The van der Waals surface area contributed by atoms with Crippen molar-refractivity contribution in [1.29, 1.82) is 0 Å². The van der Waals surface area contributed by atoms with Crippen LogP contribution in [-0.4, -0.2) is 47.8 Å². The van der Waals surface area contributed by atoms with Crippen molar-refractivity contribution in [2.75, 3.05) is 31.2 Å². The fraction of sp³-hybridized carbons (Fsp3) is 0.517.